The van der Waals surface area contributed by atoms with Gasteiger partial charge in [0.05, 0.1) is 52.9 Å². The Kier molecular flexibility index (Phi) is 24.1. The molecule has 40 nitrogen and oxygen atoms in total. The smallest absolute Gasteiger partial charge is 0.187 e. The van der Waals surface area contributed by atoms with Gasteiger partial charge in [-0.1, -0.05) is 0 Å². The summed E-state index contributed by atoms with van der Waals surface area (Å²) in [7, 11) is 0. The van der Waals surface area contributed by atoms with Crippen LogP contribution >= 0.6 is 0 Å². The maximum atomic E-state index is 11.4. The summed E-state index contributed by atoms with van der Waals surface area (Å²) in [5.41, 5.74) is 0. The molecule has 30 saturated heterocycles. The van der Waals surface area contributed by atoms with Crippen LogP contribution in [-0.2, 0) is 75.8 Å². The normalized spacial score (nSPS) is 55.4. The van der Waals surface area contributed by atoms with Crippen LogP contribution in [0.1, 0.15) is 0 Å². The third-order valence-electron chi connectivity index (χ3n) is 16.9. The molecule has 0 amide bonds. The molecule has 512 valence electrons. The van der Waals surface area contributed by atoms with Crippen molar-refractivity contribution in [2.45, 2.75) is 246 Å². The van der Waals surface area contributed by atoms with Crippen molar-refractivity contribution in [1.29, 1.82) is 0 Å². The fourth-order valence-corrected chi connectivity index (χ4v) is 11.9. The molecule has 30 aliphatic heterocycles. The number of rotatable bonds is 8. The lowest BCUT2D eigenvalue weighted by Gasteiger charge is -2.50. The lowest BCUT2D eigenvalue weighted by atomic mass is 9.94. The van der Waals surface area contributed by atoms with Crippen molar-refractivity contribution in [2.75, 3.05) is 52.9 Å². The van der Waals surface area contributed by atoms with Crippen molar-refractivity contribution in [3.63, 3.8) is 0 Å². The lowest BCUT2D eigenvalue weighted by Crippen LogP contribution is -2.69. The molecule has 0 aromatic carbocycles. The predicted octanol–water partition coefficient (Wildman–Crippen LogP) is -17.4. The zero-order valence-corrected chi connectivity index (χ0v) is 46.0. The summed E-state index contributed by atoms with van der Waals surface area (Å²) in [6.45, 7) is -8.64. The first-order valence-corrected chi connectivity index (χ1v) is 28.1. The molecule has 0 aromatic rings. The third kappa shape index (κ3) is 13.8. The molecule has 30 fully saturated rings. The molecular weight excluding hydrogens is 1220 g/mol. The van der Waals surface area contributed by atoms with E-state index in [0.717, 1.165) is 0 Å². The van der Waals surface area contributed by atoms with Crippen LogP contribution in [-0.4, -0.2) is 421 Å². The van der Waals surface area contributed by atoms with Crippen molar-refractivity contribution in [2.24, 2.45) is 0 Å². The largest absolute Gasteiger partial charge is 0.394 e. The summed E-state index contributed by atoms with van der Waals surface area (Å²) in [6.07, 6.45) is -82.0. The summed E-state index contributed by atoms with van der Waals surface area (Å²) in [4.78, 5) is 0. The van der Waals surface area contributed by atoms with E-state index in [-0.39, 0.29) is 0 Å². The summed E-state index contributed by atoms with van der Waals surface area (Å²) in [6, 6.07) is 0. The Hall–Kier alpha value is -1.60. The average molecular weight is 1300 g/mol. The van der Waals surface area contributed by atoms with Crippen LogP contribution in [0.2, 0.25) is 0 Å². The van der Waals surface area contributed by atoms with Gasteiger partial charge in [0.2, 0.25) is 0 Å². The Morgan fingerprint density at radius 2 is 0.227 bits per heavy atom. The Bertz CT molecular complexity index is 1700. The number of hydrogen-bond donors (Lipinski definition) is 24. The van der Waals surface area contributed by atoms with E-state index in [4.69, 9.17) is 75.8 Å². The summed E-state index contributed by atoms with van der Waals surface area (Å²) >= 11 is 0. The summed E-state index contributed by atoms with van der Waals surface area (Å²) in [5, 5.41) is 265. The first kappa shape index (κ1) is 70.7. The number of ether oxygens (including phenoxy) is 16. The predicted molar refractivity (Wildman–Crippen MR) is 261 cm³/mol. The van der Waals surface area contributed by atoms with Crippen LogP contribution in [0, 0.1) is 0 Å². The monoisotopic (exact) mass is 1300 g/mol. The van der Waals surface area contributed by atoms with Gasteiger partial charge in [0.1, 0.15) is 195 Å². The molecule has 0 aliphatic carbocycles. The van der Waals surface area contributed by atoms with Crippen LogP contribution in [0.4, 0.5) is 0 Å². The van der Waals surface area contributed by atoms with E-state index < -0.39 is 299 Å². The Morgan fingerprint density at radius 3 is 0.307 bits per heavy atom. The van der Waals surface area contributed by atoms with Crippen LogP contribution in [0.25, 0.3) is 0 Å². The van der Waals surface area contributed by atoms with Gasteiger partial charge in [0, 0.05) is 0 Å². The maximum absolute atomic E-state index is 11.4. The first-order chi connectivity index (χ1) is 41.9. The molecule has 40 heteroatoms. The van der Waals surface area contributed by atoms with Gasteiger partial charge < -0.3 is 198 Å². The molecule has 30 aliphatic rings. The van der Waals surface area contributed by atoms with Gasteiger partial charge in [-0.25, -0.2) is 0 Å². The zero-order chi connectivity index (χ0) is 64.1. The van der Waals surface area contributed by atoms with Gasteiger partial charge in [-0.15, -0.1) is 0 Å². The minimum absolute atomic E-state index is 1.08. The van der Waals surface area contributed by atoms with Crippen LogP contribution in [0.3, 0.4) is 0 Å². The molecule has 88 heavy (non-hydrogen) atoms. The molecule has 1 unspecified atom stereocenters. The average Bonchev–Trinajstić information content (AvgIpc) is 1.09. The highest BCUT2D eigenvalue weighted by atomic mass is 16.8. The Labute approximate surface area is 496 Å². The van der Waals surface area contributed by atoms with Gasteiger partial charge in [-0.05, 0) is 0 Å². The Balaban J connectivity index is 0.975. The van der Waals surface area contributed by atoms with Crippen LogP contribution in [0.15, 0.2) is 0 Å². The molecule has 30 rings (SSSR count). The van der Waals surface area contributed by atoms with Crippen molar-refractivity contribution in [3.05, 3.63) is 0 Å². The molecular formula is C48H80O40. The second-order valence-corrected chi connectivity index (χ2v) is 22.5. The fourth-order valence-electron chi connectivity index (χ4n) is 11.9. The second-order valence-electron chi connectivity index (χ2n) is 22.5. The lowest BCUT2D eigenvalue weighted by molar-refractivity contribution is -0.404. The summed E-state index contributed by atoms with van der Waals surface area (Å²) < 4.78 is 91.1. The molecule has 16 bridgehead atoms. The number of hydrogen-bond acceptors (Lipinski definition) is 40. The summed E-state index contributed by atoms with van der Waals surface area (Å²) in [5.74, 6) is 0. The van der Waals surface area contributed by atoms with Gasteiger partial charge in [0.25, 0.3) is 0 Å². The molecule has 0 spiro atoms. The van der Waals surface area contributed by atoms with E-state index in [1.54, 1.807) is 0 Å². The van der Waals surface area contributed by atoms with Crippen molar-refractivity contribution < 1.29 is 198 Å². The SMILES string of the molecule is OC[C@@H]1OC2O[C@@H]3[C@@H](O)[C@H](O)[C@H](O[C@@H]4[C@@H](O)[C@H](O)[C@H](O[C@@H]5[C@@H](O)[C@H](O)[C@H](O[C@H]6[C@H](O)[C@@H](O)[C@@H](O[C@H]7[C@H](O)[C@@H](O)[C@@H](O[C@H]8[C@H](O)[C@@H](O)[C@@H](O[C@@H]9[C@@H](O)[C@H](O)[C@H](O[C@@H]1[C@@H](O)[C@@H]2O)O[C@H]9CO)O[C@@H]8CO)O[C@@H]7CO)O[C@H]6CO)O[C@H]5CO)O[C@H]4CO)O[C@H]3CO. The zero-order valence-electron chi connectivity index (χ0n) is 46.0. The molecule has 24 N–H and O–H groups in total. The van der Waals surface area contributed by atoms with E-state index in [2.05, 4.69) is 0 Å². The van der Waals surface area contributed by atoms with Crippen LogP contribution in [0.5, 0.6) is 0 Å². The highest BCUT2D eigenvalue weighted by Gasteiger charge is 2.60. The highest BCUT2D eigenvalue weighted by Crippen LogP contribution is 2.40. The minimum atomic E-state index is -2.25. The third-order valence-corrected chi connectivity index (χ3v) is 16.9. The molecule has 0 aromatic heterocycles. The quantitative estimate of drug-likeness (QED) is 0.107. The van der Waals surface area contributed by atoms with E-state index in [9.17, 15) is 123 Å². The first-order valence-electron chi connectivity index (χ1n) is 28.1. The van der Waals surface area contributed by atoms with Gasteiger partial charge in [-0.2, -0.15) is 0 Å². The van der Waals surface area contributed by atoms with Crippen molar-refractivity contribution >= 4 is 0 Å². The van der Waals surface area contributed by atoms with E-state index in [1.165, 1.54) is 0 Å². The van der Waals surface area contributed by atoms with Crippen molar-refractivity contribution in [1.82, 2.24) is 0 Å². The van der Waals surface area contributed by atoms with Crippen LogP contribution < -0.4 is 0 Å². The van der Waals surface area contributed by atoms with E-state index >= 15 is 0 Å². The number of aliphatic hydroxyl groups excluding tert-OH is 24. The molecule has 30 heterocycles. The van der Waals surface area contributed by atoms with Gasteiger partial charge >= 0.3 is 0 Å². The molecule has 0 saturated carbocycles. The highest BCUT2D eigenvalue weighted by molar-refractivity contribution is 5.02. The minimum Gasteiger partial charge on any atom is -0.394 e. The second kappa shape index (κ2) is 30.0. The maximum Gasteiger partial charge on any atom is 0.187 e. The standard InChI is InChI=1S/C48H80O40/c49-1-9-33-17(57)25(65)41(73-9)82-34-10(2-50)75-43(27(67)19(34)59)84-36-12(4-52)77-45(29(69)21(36)61)86-38-14(6-54)79-47(31(71)23(38)63)88-40-16(8-56)80-48(32(72)24(40)64)87-39-15(7-55)78-46(30(70)22(39)62)85-37-13(5-53)76-44(28(68)20(37)60)83-35-11(3-51)74-42(81-33)26(66)18(35)58/h9-72H,1-8H2/t9-,10-,11-,12-,13-,14-,15+,16+,17-,18-,19-,20-,21-,22+,23+,24+,25-,26-,27-,28-,29-,30+,31+,32+,33-,34-,35-,36-,37-,38+,39+,40+,41-,42?,43-,44-,45-,46+,47+,48+/m0/s1. The molecule has 0 radical (unpaired) electrons. The van der Waals surface area contributed by atoms with E-state index in [0.29, 0.717) is 0 Å². The van der Waals surface area contributed by atoms with Gasteiger partial charge in [0.15, 0.2) is 50.3 Å². The van der Waals surface area contributed by atoms with Gasteiger partial charge in [-0.3, -0.25) is 0 Å². The Morgan fingerprint density at radius 1 is 0.136 bits per heavy atom. The topological polar surface area (TPSA) is 633 Å². The number of aliphatic hydroxyl groups is 24. The molecule has 40 atom stereocenters. The fraction of sp³-hybridized carbons (Fsp3) is 1.00. The van der Waals surface area contributed by atoms with Crippen molar-refractivity contribution in [3.8, 4) is 0 Å². The van der Waals surface area contributed by atoms with E-state index in [1.807, 2.05) is 0 Å².